The quantitative estimate of drug-likeness (QED) is 0.317. The monoisotopic (exact) mass is 209 g/mol. The average molecular weight is 210 g/mol. The summed E-state index contributed by atoms with van der Waals surface area (Å²) in [4.78, 5) is 0. The molecule has 0 saturated carbocycles. The van der Waals surface area contributed by atoms with Crippen molar-refractivity contribution in [2.24, 2.45) is 0 Å². The summed E-state index contributed by atoms with van der Waals surface area (Å²) in [6.07, 6.45) is 1.01. The SMILES string of the molecule is C=C(O)COCCC[N+](C)(C)C.[Cl-]. The van der Waals surface area contributed by atoms with Gasteiger partial charge in [-0.15, -0.1) is 0 Å². The highest BCUT2D eigenvalue weighted by molar-refractivity contribution is 4.77. The Hall–Kier alpha value is -0.250. The highest BCUT2D eigenvalue weighted by atomic mass is 35.5. The second-order valence-corrected chi connectivity index (χ2v) is 3.99. The van der Waals surface area contributed by atoms with Crippen molar-refractivity contribution >= 4 is 0 Å². The zero-order valence-electron chi connectivity index (χ0n) is 8.72. The Balaban J connectivity index is 0. The number of aliphatic hydroxyl groups excluding tert-OH is 1. The summed E-state index contributed by atoms with van der Waals surface area (Å²) in [5.41, 5.74) is 0. The smallest absolute Gasteiger partial charge is 0.111 e. The van der Waals surface area contributed by atoms with Crippen molar-refractivity contribution in [1.29, 1.82) is 0 Å². The number of quaternary nitrogens is 1. The standard InChI is InChI=1S/C9H19NO2.ClH/c1-9(11)8-12-7-5-6-10(2,3)4;/h1,5-8H2,2-4H3;1H. The molecule has 3 nitrogen and oxygen atoms in total. The van der Waals surface area contributed by atoms with Crippen LogP contribution >= 0.6 is 0 Å². The molecule has 0 aliphatic rings. The number of halogens is 1. The molecule has 80 valence electrons. The van der Waals surface area contributed by atoms with Crippen molar-refractivity contribution < 1.29 is 26.7 Å². The van der Waals surface area contributed by atoms with Crippen molar-refractivity contribution in [3.05, 3.63) is 12.3 Å². The van der Waals surface area contributed by atoms with Gasteiger partial charge < -0.3 is 26.7 Å². The highest BCUT2D eigenvalue weighted by Gasteiger charge is 2.05. The minimum Gasteiger partial charge on any atom is -1.00 e. The zero-order chi connectivity index (χ0) is 9.61. The van der Waals surface area contributed by atoms with E-state index in [0.717, 1.165) is 17.4 Å². The molecule has 13 heavy (non-hydrogen) atoms. The van der Waals surface area contributed by atoms with Gasteiger partial charge in [-0.3, -0.25) is 0 Å². The molecule has 0 unspecified atom stereocenters. The molecule has 0 aromatic rings. The van der Waals surface area contributed by atoms with Crippen molar-refractivity contribution in [2.75, 3.05) is 40.9 Å². The number of rotatable bonds is 6. The highest BCUT2D eigenvalue weighted by Crippen LogP contribution is 1.94. The predicted molar refractivity (Wildman–Crippen MR) is 50.1 cm³/mol. The molecule has 0 aliphatic carbocycles. The minimum absolute atomic E-state index is 0. The van der Waals surface area contributed by atoms with E-state index in [-0.39, 0.29) is 24.8 Å². The lowest BCUT2D eigenvalue weighted by molar-refractivity contribution is -0.870. The van der Waals surface area contributed by atoms with Crippen LogP contribution in [0, 0.1) is 0 Å². The molecular weight excluding hydrogens is 190 g/mol. The lowest BCUT2D eigenvalue weighted by atomic mass is 10.4. The molecule has 0 saturated heterocycles. The number of hydrogen-bond acceptors (Lipinski definition) is 2. The van der Waals surface area contributed by atoms with Crippen molar-refractivity contribution in [2.45, 2.75) is 6.42 Å². The van der Waals surface area contributed by atoms with Crippen LogP contribution in [0.25, 0.3) is 0 Å². The summed E-state index contributed by atoms with van der Waals surface area (Å²) in [7, 11) is 6.43. The Kier molecular flexibility index (Phi) is 8.42. The van der Waals surface area contributed by atoms with Gasteiger partial charge in [-0.1, -0.05) is 6.58 Å². The van der Waals surface area contributed by atoms with Gasteiger partial charge in [0, 0.05) is 6.42 Å². The van der Waals surface area contributed by atoms with Gasteiger partial charge in [0.1, 0.15) is 12.4 Å². The molecule has 0 aromatic heterocycles. The Labute approximate surface area is 87.0 Å². The van der Waals surface area contributed by atoms with Crippen LogP contribution in [0.4, 0.5) is 0 Å². The first kappa shape index (κ1) is 15.2. The van der Waals surface area contributed by atoms with Gasteiger partial charge >= 0.3 is 0 Å². The number of nitrogens with zero attached hydrogens (tertiary/aromatic N) is 1. The maximum Gasteiger partial charge on any atom is 0.111 e. The van der Waals surface area contributed by atoms with E-state index in [0.29, 0.717) is 6.61 Å². The van der Waals surface area contributed by atoms with Crippen LogP contribution in [0.15, 0.2) is 12.3 Å². The van der Waals surface area contributed by atoms with Gasteiger partial charge in [0.25, 0.3) is 0 Å². The second-order valence-electron chi connectivity index (χ2n) is 3.99. The van der Waals surface area contributed by atoms with Crippen LogP contribution in [0.2, 0.25) is 0 Å². The molecule has 0 heterocycles. The van der Waals surface area contributed by atoms with E-state index in [1.165, 1.54) is 0 Å². The molecule has 1 N–H and O–H groups in total. The third-order valence-electron chi connectivity index (χ3n) is 1.39. The molecule has 0 fully saturated rings. The largest absolute Gasteiger partial charge is 1.00 e. The molecule has 0 radical (unpaired) electrons. The van der Waals surface area contributed by atoms with Gasteiger partial charge in [0.2, 0.25) is 0 Å². The van der Waals surface area contributed by atoms with Crippen molar-refractivity contribution in [1.82, 2.24) is 0 Å². The minimum atomic E-state index is 0. The first-order valence-electron chi connectivity index (χ1n) is 4.17. The van der Waals surface area contributed by atoms with Crippen molar-refractivity contribution in [3.63, 3.8) is 0 Å². The number of ether oxygens (including phenoxy) is 1. The Bertz CT molecular complexity index is 143. The second kappa shape index (κ2) is 7.18. The topological polar surface area (TPSA) is 29.5 Å². The summed E-state index contributed by atoms with van der Waals surface area (Å²) in [5, 5.41) is 8.69. The molecular formula is C9H20ClNO2. The van der Waals surface area contributed by atoms with Crippen LogP contribution in [0.1, 0.15) is 6.42 Å². The van der Waals surface area contributed by atoms with Gasteiger partial charge in [-0.25, -0.2) is 0 Å². The van der Waals surface area contributed by atoms with Crippen LogP contribution in [0.3, 0.4) is 0 Å². The van der Waals surface area contributed by atoms with E-state index in [2.05, 4.69) is 27.7 Å². The number of hydrogen-bond donors (Lipinski definition) is 1. The van der Waals surface area contributed by atoms with E-state index in [1.807, 2.05) is 0 Å². The number of aliphatic hydroxyl groups is 1. The fourth-order valence-electron chi connectivity index (χ4n) is 0.831. The summed E-state index contributed by atoms with van der Waals surface area (Å²) < 4.78 is 6.08. The van der Waals surface area contributed by atoms with Crippen LogP contribution in [-0.4, -0.2) is 50.5 Å². The van der Waals surface area contributed by atoms with Crippen LogP contribution < -0.4 is 12.4 Å². The summed E-state index contributed by atoms with van der Waals surface area (Å²) in [6.45, 7) is 5.36. The van der Waals surface area contributed by atoms with E-state index in [1.54, 1.807) is 0 Å². The van der Waals surface area contributed by atoms with Gasteiger partial charge in [-0.2, -0.15) is 0 Å². The average Bonchev–Trinajstić information content (AvgIpc) is 1.83. The van der Waals surface area contributed by atoms with E-state index in [4.69, 9.17) is 9.84 Å². The van der Waals surface area contributed by atoms with Gasteiger partial charge in [-0.05, 0) is 0 Å². The molecule has 0 amide bonds. The summed E-state index contributed by atoms with van der Waals surface area (Å²) in [5.74, 6) is 0.0975. The Morgan fingerprint density at radius 1 is 1.38 bits per heavy atom. The van der Waals surface area contributed by atoms with Gasteiger partial charge in [0.15, 0.2) is 0 Å². The fourth-order valence-corrected chi connectivity index (χ4v) is 0.831. The fraction of sp³-hybridized carbons (Fsp3) is 0.778. The van der Waals surface area contributed by atoms with E-state index in [9.17, 15) is 0 Å². The molecule has 0 atom stereocenters. The lowest BCUT2D eigenvalue weighted by Crippen LogP contribution is -3.00. The summed E-state index contributed by atoms with van der Waals surface area (Å²) >= 11 is 0. The maximum atomic E-state index is 8.69. The third-order valence-corrected chi connectivity index (χ3v) is 1.39. The van der Waals surface area contributed by atoms with E-state index < -0.39 is 0 Å². The molecule has 0 bridgehead atoms. The Morgan fingerprint density at radius 3 is 2.31 bits per heavy atom. The maximum absolute atomic E-state index is 8.69. The molecule has 0 aliphatic heterocycles. The first-order chi connectivity index (χ1) is 5.42. The van der Waals surface area contributed by atoms with Crippen molar-refractivity contribution in [3.8, 4) is 0 Å². The Morgan fingerprint density at radius 2 is 1.92 bits per heavy atom. The van der Waals surface area contributed by atoms with Gasteiger partial charge in [0.05, 0.1) is 34.3 Å². The molecule has 0 spiro atoms. The predicted octanol–water partition coefficient (Wildman–Crippen LogP) is -1.82. The van der Waals surface area contributed by atoms with Crippen LogP contribution in [-0.2, 0) is 4.74 Å². The zero-order valence-corrected chi connectivity index (χ0v) is 9.47. The normalized spacial score (nSPS) is 10.7. The first-order valence-corrected chi connectivity index (χ1v) is 4.17. The molecule has 0 rings (SSSR count). The third kappa shape index (κ3) is 14.6. The summed E-state index contributed by atoms with van der Waals surface area (Å²) in [6, 6.07) is 0. The lowest BCUT2D eigenvalue weighted by Gasteiger charge is -2.23. The van der Waals surface area contributed by atoms with Crippen LogP contribution in [0.5, 0.6) is 0 Å². The van der Waals surface area contributed by atoms with E-state index >= 15 is 0 Å². The molecule has 4 heteroatoms. The molecule has 0 aromatic carbocycles.